The molecule has 0 unspecified atom stereocenters. The smallest absolute Gasteiger partial charge is 0.251 e. The summed E-state index contributed by atoms with van der Waals surface area (Å²) in [6, 6.07) is 4.74. The highest BCUT2D eigenvalue weighted by molar-refractivity contribution is 7.89. The molecule has 0 aliphatic carbocycles. The van der Waals surface area contributed by atoms with Crippen molar-refractivity contribution in [2.75, 3.05) is 14.1 Å². The second-order valence-corrected chi connectivity index (χ2v) is 7.40. The maximum absolute atomic E-state index is 12.3. The Labute approximate surface area is 127 Å². The van der Waals surface area contributed by atoms with Gasteiger partial charge in [-0.1, -0.05) is 19.9 Å². The van der Waals surface area contributed by atoms with Crippen molar-refractivity contribution in [2.45, 2.75) is 44.6 Å². The van der Waals surface area contributed by atoms with E-state index in [0.717, 1.165) is 22.7 Å². The van der Waals surface area contributed by atoms with E-state index in [4.69, 9.17) is 0 Å². The lowest BCUT2D eigenvalue weighted by Gasteiger charge is -2.17. The molecule has 1 N–H and O–H groups in total. The molecule has 0 aromatic heterocycles. The van der Waals surface area contributed by atoms with Gasteiger partial charge in [0.2, 0.25) is 10.0 Å². The van der Waals surface area contributed by atoms with Crippen molar-refractivity contribution in [3.05, 3.63) is 29.3 Å². The maximum Gasteiger partial charge on any atom is 0.251 e. The van der Waals surface area contributed by atoms with Crippen LogP contribution in [0.4, 0.5) is 0 Å². The molecule has 21 heavy (non-hydrogen) atoms. The van der Waals surface area contributed by atoms with Gasteiger partial charge in [0, 0.05) is 25.7 Å². The fourth-order valence-electron chi connectivity index (χ4n) is 1.97. The van der Waals surface area contributed by atoms with Gasteiger partial charge in [0.15, 0.2) is 0 Å². The minimum Gasteiger partial charge on any atom is -0.349 e. The molecular weight excluding hydrogens is 288 g/mol. The second-order valence-electron chi connectivity index (χ2n) is 5.25. The molecule has 1 amide bonds. The summed E-state index contributed by atoms with van der Waals surface area (Å²) in [5.41, 5.74) is 1.17. The lowest BCUT2D eigenvalue weighted by Crippen LogP contribution is -2.34. The first-order valence-corrected chi connectivity index (χ1v) is 8.52. The molecule has 0 heterocycles. The van der Waals surface area contributed by atoms with Gasteiger partial charge in [0.05, 0.1) is 4.90 Å². The third-order valence-corrected chi connectivity index (χ3v) is 5.36. The van der Waals surface area contributed by atoms with Gasteiger partial charge in [0.1, 0.15) is 0 Å². The number of hydrogen-bond donors (Lipinski definition) is 1. The Hall–Kier alpha value is -1.40. The van der Waals surface area contributed by atoms with Crippen LogP contribution < -0.4 is 5.32 Å². The summed E-state index contributed by atoms with van der Waals surface area (Å²) in [4.78, 5) is 12.5. The first kappa shape index (κ1) is 17.7. The number of benzene rings is 1. The fraction of sp³-hybridized carbons (Fsp3) is 0.533. The molecule has 118 valence electrons. The number of rotatable bonds is 6. The number of carbonyl (C=O) groups is 1. The number of nitrogens with one attached hydrogen (secondary N) is 1. The van der Waals surface area contributed by atoms with Crippen LogP contribution in [0.3, 0.4) is 0 Å². The molecule has 1 aromatic rings. The number of aryl methyl sites for hydroxylation is 1. The first-order chi connectivity index (χ1) is 9.73. The highest BCUT2D eigenvalue weighted by atomic mass is 32.2. The Bertz CT molecular complexity index is 605. The topological polar surface area (TPSA) is 66.5 Å². The van der Waals surface area contributed by atoms with E-state index in [0.29, 0.717) is 5.56 Å². The van der Waals surface area contributed by atoms with E-state index in [1.54, 1.807) is 13.0 Å². The summed E-state index contributed by atoms with van der Waals surface area (Å²) >= 11 is 0. The van der Waals surface area contributed by atoms with E-state index < -0.39 is 10.0 Å². The van der Waals surface area contributed by atoms with Crippen molar-refractivity contribution in [1.29, 1.82) is 0 Å². The van der Waals surface area contributed by atoms with Crippen LogP contribution in [-0.4, -0.2) is 38.8 Å². The standard InChI is InChI=1S/C15H24N2O3S/c1-6-12(7-2)16-15(18)14-10-13(9-8-11(14)3)21(19,20)17(4)5/h8-10,12H,6-7H2,1-5H3,(H,16,18). The van der Waals surface area contributed by atoms with Crippen LogP contribution in [0, 0.1) is 6.92 Å². The summed E-state index contributed by atoms with van der Waals surface area (Å²) < 4.78 is 25.4. The third-order valence-electron chi connectivity index (χ3n) is 3.55. The van der Waals surface area contributed by atoms with Gasteiger partial charge < -0.3 is 5.32 Å². The molecule has 0 saturated heterocycles. The van der Waals surface area contributed by atoms with Crippen LogP contribution in [0.2, 0.25) is 0 Å². The van der Waals surface area contributed by atoms with E-state index >= 15 is 0 Å². The van der Waals surface area contributed by atoms with E-state index in [2.05, 4.69) is 5.32 Å². The van der Waals surface area contributed by atoms with Gasteiger partial charge >= 0.3 is 0 Å². The Balaban J connectivity index is 3.17. The van der Waals surface area contributed by atoms with Crippen molar-refractivity contribution >= 4 is 15.9 Å². The zero-order valence-electron chi connectivity index (χ0n) is 13.3. The predicted molar refractivity (Wildman–Crippen MR) is 83.9 cm³/mol. The highest BCUT2D eigenvalue weighted by Gasteiger charge is 2.20. The van der Waals surface area contributed by atoms with Crippen molar-refractivity contribution in [3.8, 4) is 0 Å². The SMILES string of the molecule is CCC(CC)NC(=O)c1cc(S(=O)(=O)N(C)C)ccc1C. The van der Waals surface area contributed by atoms with Gasteiger partial charge in [-0.15, -0.1) is 0 Å². The molecule has 1 aromatic carbocycles. The normalized spacial score (nSPS) is 12.0. The lowest BCUT2D eigenvalue weighted by molar-refractivity contribution is 0.0934. The molecule has 0 radical (unpaired) electrons. The molecule has 5 nitrogen and oxygen atoms in total. The van der Waals surface area contributed by atoms with Crippen LogP contribution in [0.5, 0.6) is 0 Å². The van der Waals surface area contributed by atoms with Gasteiger partial charge in [-0.05, 0) is 37.5 Å². The largest absolute Gasteiger partial charge is 0.349 e. The Morgan fingerprint density at radius 1 is 1.24 bits per heavy atom. The Morgan fingerprint density at radius 2 is 1.81 bits per heavy atom. The highest BCUT2D eigenvalue weighted by Crippen LogP contribution is 2.18. The number of amides is 1. The van der Waals surface area contributed by atoms with Gasteiger partial charge in [-0.3, -0.25) is 4.79 Å². The lowest BCUT2D eigenvalue weighted by atomic mass is 10.1. The Kier molecular flexibility index (Phi) is 5.92. The summed E-state index contributed by atoms with van der Waals surface area (Å²) in [7, 11) is -0.593. The van der Waals surface area contributed by atoms with E-state index in [9.17, 15) is 13.2 Å². The van der Waals surface area contributed by atoms with Gasteiger partial charge in [0.25, 0.3) is 5.91 Å². The number of hydrogen-bond acceptors (Lipinski definition) is 3. The molecule has 0 aliphatic heterocycles. The molecule has 0 atom stereocenters. The van der Waals surface area contributed by atoms with Crippen molar-refractivity contribution in [3.63, 3.8) is 0 Å². The Morgan fingerprint density at radius 3 is 2.29 bits per heavy atom. The number of carbonyl (C=O) groups excluding carboxylic acids is 1. The zero-order valence-corrected chi connectivity index (χ0v) is 14.1. The molecule has 0 spiro atoms. The van der Waals surface area contributed by atoms with Crippen LogP contribution in [0.25, 0.3) is 0 Å². The minimum atomic E-state index is -3.54. The third kappa shape index (κ3) is 4.04. The van der Waals surface area contributed by atoms with Crippen LogP contribution in [-0.2, 0) is 10.0 Å². The fourth-order valence-corrected chi connectivity index (χ4v) is 2.90. The van der Waals surface area contributed by atoms with Crippen LogP contribution in [0.1, 0.15) is 42.6 Å². The molecule has 6 heteroatoms. The van der Waals surface area contributed by atoms with Crippen molar-refractivity contribution < 1.29 is 13.2 Å². The van der Waals surface area contributed by atoms with E-state index in [1.807, 2.05) is 13.8 Å². The zero-order chi connectivity index (χ0) is 16.2. The van der Waals surface area contributed by atoms with Gasteiger partial charge in [-0.2, -0.15) is 0 Å². The monoisotopic (exact) mass is 312 g/mol. The van der Waals surface area contributed by atoms with E-state index in [-0.39, 0.29) is 16.8 Å². The first-order valence-electron chi connectivity index (χ1n) is 7.08. The molecule has 0 bridgehead atoms. The molecule has 0 fully saturated rings. The quantitative estimate of drug-likeness (QED) is 0.875. The molecular formula is C15H24N2O3S. The van der Waals surface area contributed by atoms with Gasteiger partial charge in [-0.25, -0.2) is 12.7 Å². The molecule has 0 aliphatic rings. The second kappa shape index (κ2) is 7.04. The van der Waals surface area contributed by atoms with Crippen LogP contribution in [0.15, 0.2) is 23.1 Å². The van der Waals surface area contributed by atoms with Crippen molar-refractivity contribution in [1.82, 2.24) is 9.62 Å². The van der Waals surface area contributed by atoms with E-state index in [1.165, 1.54) is 26.2 Å². The summed E-state index contributed by atoms with van der Waals surface area (Å²) in [6.45, 7) is 5.82. The van der Waals surface area contributed by atoms with Crippen molar-refractivity contribution in [2.24, 2.45) is 0 Å². The molecule has 0 saturated carbocycles. The predicted octanol–water partition coefficient (Wildman–Crippen LogP) is 2.16. The summed E-state index contributed by atoms with van der Waals surface area (Å²) in [5, 5.41) is 2.93. The minimum absolute atomic E-state index is 0.103. The van der Waals surface area contributed by atoms with Crippen LogP contribution >= 0.6 is 0 Å². The average molecular weight is 312 g/mol. The number of nitrogens with zero attached hydrogens (tertiary/aromatic N) is 1. The summed E-state index contributed by atoms with van der Waals surface area (Å²) in [5.74, 6) is -0.225. The maximum atomic E-state index is 12.3. The molecule has 1 rings (SSSR count). The average Bonchev–Trinajstić information content (AvgIpc) is 2.44. The number of sulfonamides is 1. The summed E-state index contributed by atoms with van der Waals surface area (Å²) in [6.07, 6.45) is 1.69.